The maximum absolute atomic E-state index is 11.4. The van der Waals surface area contributed by atoms with E-state index in [0.29, 0.717) is 10.9 Å². The van der Waals surface area contributed by atoms with E-state index in [4.69, 9.17) is 14.9 Å². The molecule has 1 aliphatic rings. The van der Waals surface area contributed by atoms with Gasteiger partial charge in [-0.25, -0.2) is 0 Å². The summed E-state index contributed by atoms with van der Waals surface area (Å²) in [6, 6.07) is 16.1. The van der Waals surface area contributed by atoms with Crippen LogP contribution in [0.4, 0.5) is 0 Å². The molecule has 6 heteroatoms. The molecular weight excluding hydrogens is 360 g/mol. The topological polar surface area (TPSA) is 68.7 Å². The van der Waals surface area contributed by atoms with E-state index in [-0.39, 0.29) is 5.91 Å². The summed E-state index contributed by atoms with van der Waals surface area (Å²) in [4.78, 5) is 15.6. The van der Waals surface area contributed by atoms with Crippen LogP contribution >= 0.6 is 11.3 Å². The number of hydrogen-bond donors (Lipinski definition) is 1. The van der Waals surface area contributed by atoms with Crippen LogP contribution in [0, 0.1) is 0 Å². The van der Waals surface area contributed by atoms with Gasteiger partial charge in [-0.3, -0.25) is 9.69 Å². The Kier molecular flexibility index (Phi) is 5.01. The third kappa shape index (κ3) is 3.77. The molecule has 1 aromatic carbocycles. The Morgan fingerprint density at radius 1 is 1.22 bits per heavy atom. The Morgan fingerprint density at radius 2 is 2.04 bits per heavy atom. The van der Waals surface area contributed by atoms with Crippen LogP contribution in [0.2, 0.25) is 0 Å². The van der Waals surface area contributed by atoms with Crippen molar-refractivity contribution in [3.05, 3.63) is 64.0 Å². The Balaban J connectivity index is 1.48. The van der Waals surface area contributed by atoms with E-state index in [2.05, 4.69) is 4.90 Å². The molecule has 5 nitrogen and oxygen atoms in total. The SMILES string of the molecule is COc1ccc(-c2ccc(CN3CCCC3c3ccc(C(N)=O)s3)o2)cc1. The third-order valence-electron chi connectivity index (χ3n) is 4.96. The van der Waals surface area contributed by atoms with E-state index in [1.165, 1.54) is 16.2 Å². The van der Waals surface area contributed by atoms with Crippen molar-refractivity contribution in [3.8, 4) is 17.1 Å². The van der Waals surface area contributed by atoms with E-state index in [1.54, 1.807) is 7.11 Å². The summed E-state index contributed by atoms with van der Waals surface area (Å²) >= 11 is 1.50. The predicted molar refractivity (Wildman–Crippen MR) is 106 cm³/mol. The fraction of sp³-hybridized carbons (Fsp3) is 0.286. The number of nitrogens with zero attached hydrogens (tertiary/aromatic N) is 1. The zero-order chi connectivity index (χ0) is 18.8. The fourth-order valence-corrected chi connectivity index (χ4v) is 4.61. The number of benzene rings is 1. The lowest BCUT2D eigenvalue weighted by atomic mass is 10.2. The first kappa shape index (κ1) is 17.8. The van der Waals surface area contributed by atoms with Crippen LogP contribution in [0.15, 0.2) is 52.9 Å². The predicted octanol–water partition coefficient (Wildman–Crippen LogP) is 4.45. The molecule has 27 heavy (non-hydrogen) atoms. The van der Waals surface area contributed by atoms with Gasteiger partial charge in [0.05, 0.1) is 18.5 Å². The molecule has 0 spiro atoms. The first-order valence-corrected chi connectivity index (χ1v) is 9.82. The molecule has 0 saturated carbocycles. The number of thiophene rings is 1. The number of ether oxygens (including phenoxy) is 1. The highest BCUT2D eigenvalue weighted by atomic mass is 32.1. The second-order valence-corrected chi connectivity index (χ2v) is 7.80. The summed E-state index contributed by atoms with van der Waals surface area (Å²) in [7, 11) is 1.66. The smallest absolute Gasteiger partial charge is 0.258 e. The molecular formula is C21H22N2O3S. The summed E-state index contributed by atoms with van der Waals surface area (Å²) in [5.41, 5.74) is 6.43. The van der Waals surface area contributed by atoms with E-state index in [0.717, 1.165) is 48.8 Å². The van der Waals surface area contributed by atoms with Crippen molar-refractivity contribution in [1.82, 2.24) is 4.90 Å². The van der Waals surface area contributed by atoms with Crippen LogP contribution in [0.3, 0.4) is 0 Å². The van der Waals surface area contributed by atoms with E-state index >= 15 is 0 Å². The highest BCUT2D eigenvalue weighted by Gasteiger charge is 2.28. The summed E-state index contributed by atoms with van der Waals surface area (Å²) < 4.78 is 11.3. The van der Waals surface area contributed by atoms with Crippen LogP contribution in [-0.2, 0) is 6.54 Å². The van der Waals surface area contributed by atoms with Gasteiger partial charge in [-0.2, -0.15) is 0 Å². The minimum absolute atomic E-state index is 0.317. The fourth-order valence-electron chi connectivity index (χ4n) is 3.58. The van der Waals surface area contributed by atoms with E-state index in [9.17, 15) is 4.79 Å². The zero-order valence-electron chi connectivity index (χ0n) is 15.2. The molecule has 4 rings (SSSR count). The number of carbonyl (C=O) groups is 1. The molecule has 0 aliphatic carbocycles. The number of nitrogens with two attached hydrogens (primary N) is 1. The van der Waals surface area contributed by atoms with Crippen LogP contribution in [0.5, 0.6) is 5.75 Å². The Labute approximate surface area is 162 Å². The zero-order valence-corrected chi connectivity index (χ0v) is 16.0. The molecule has 140 valence electrons. The van der Waals surface area contributed by atoms with Gasteiger partial charge in [0, 0.05) is 16.5 Å². The maximum Gasteiger partial charge on any atom is 0.258 e. The van der Waals surface area contributed by atoms with Gasteiger partial charge in [0.2, 0.25) is 0 Å². The van der Waals surface area contributed by atoms with Crippen LogP contribution in [-0.4, -0.2) is 24.5 Å². The number of rotatable bonds is 6. The molecule has 1 amide bonds. The van der Waals surface area contributed by atoms with Crippen LogP contribution in [0.1, 0.15) is 39.2 Å². The average molecular weight is 382 g/mol. The van der Waals surface area contributed by atoms with Crippen molar-refractivity contribution in [2.45, 2.75) is 25.4 Å². The molecule has 2 N–H and O–H groups in total. The van der Waals surface area contributed by atoms with E-state index in [1.807, 2.05) is 48.5 Å². The van der Waals surface area contributed by atoms with E-state index < -0.39 is 0 Å². The molecule has 0 radical (unpaired) electrons. The normalized spacial score (nSPS) is 17.3. The van der Waals surface area contributed by atoms with Crippen LogP contribution in [0.25, 0.3) is 11.3 Å². The van der Waals surface area contributed by atoms with Gasteiger partial charge in [0.1, 0.15) is 17.3 Å². The molecule has 1 atom stereocenters. The van der Waals surface area contributed by atoms with Gasteiger partial charge < -0.3 is 14.9 Å². The molecule has 3 aromatic rings. The minimum Gasteiger partial charge on any atom is -0.497 e. The van der Waals surface area contributed by atoms with Gasteiger partial charge in [0.15, 0.2) is 0 Å². The number of likely N-dealkylation sites (tertiary alicyclic amines) is 1. The number of hydrogen-bond acceptors (Lipinski definition) is 5. The minimum atomic E-state index is -0.356. The average Bonchev–Trinajstić information content (AvgIpc) is 3.42. The second kappa shape index (κ2) is 7.58. The van der Waals surface area contributed by atoms with Crippen LogP contribution < -0.4 is 10.5 Å². The summed E-state index contributed by atoms with van der Waals surface area (Å²) in [6.45, 7) is 1.78. The molecule has 2 aromatic heterocycles. The lowest BCUT2D eigenvalue weighted by Gasteiger charge is -2.22. The summed E-state index contributed by atoms with van der Waals surface area (Å²) in [5, 5.41) is 0. The number of furan rings is 1. The summed E-state index contributed by atoms with van der Waals surface area (Å²) in [5.74, 6) is 2.28. The quantitative estimate of drug-likeness (QED) is 0.684. The van der Waals surface area contributed by atoms with Crippen molar-refractivity contribution in [2.24, 2.45) is 5.73 Å². The number of primary amides is 1. The van der Waals surface area contributed by atoms with Gasteiger partial charge in [-0.15, -0.1) is 11.3 Å². The second-order valence-electron chi connectivity index (χ2n) is 6.69. The molecule has 0 bridgehead atoms. The molecule has 3 heterocycles. The molecule has 1 saturated heterocycles. The summed E-state index contributed by atoms with van der Waals surface area (Å²) in [6.07, 6.45) is 2.23. The first-order valence-electron chi connectivity index (χ1n) is 9.01. The number of carbonyl (C=O) groups excluding carboxylic acids is 1. The van der Waals surface area contributed by atoms with Gasteiger partial charge in [0.25, 0.3) is 5.91 Å². The highest BCUT2D eigenvalue weighted by Crippen LogP contribution is 2.37. The monoisotopic (exact) mass is 382 g/mol. The standard InChI is InChI=1S/C21H22N2O3S/c1-25-15-6-4-14(5-7-15)18-9-8-16(26-18)13-23-12-2-3-17(23)19-10-11-20(27-19)21(22)24/h4-11,17H,2-3,12-13H2,1H3,(H2,22,24). The van der Waals surface area contributed by atoms with Gasteiger partial charge >= 0.3 is 0 Å². The van der Waals surface area contributed by atoms with Crippen molar-refractivity contribution < 1.29 is 13.9 Å². The molecule has 1 aliphatic heterocycles. The largest absolute Gasteiger partial charge is 0.497 e. The Bertz CT molecular complexity index is 929. The third-order valence-corrected chi connectivity index (χ3v) is 6.16. The number of amides is 1. The maximum atomic E-state index is 11.4. The van der Waals surface area contributed by atoms with Gasteiger partial charge in [-0.1, -0.05) is 0 Å². The molecule has 1 unspecified atom stereocenters. The van der Waals surface area contributed by atoms with Crippen molar-refractivity contribution in [1.29, 1.82) is 0 Å². The van der Waals surface area contributed by atoms with Crippen molar-refractivity contribution in [3.63, 3.8) is 0 Å². The van der Waals surface area contributed by atoms with Crippen molar-refractivity contribution in [2.75, 3.05) is 13.7 Å². The number of methoxy groups -OCH3 is 1. The van der Waals surface area contributed by atoms with Gasteiger partial charge in [-0.05, 0) is 67.9 Å². The lowest BCUT2D eigenvalue weighted by Crippen LogP contribution is -2.21. The Hall–Kier alpha value is -2.57. The first-order chi connectivity index (χ1) is 13.1. The van der Waals surface area contributed by atoms with Crippen molar-refractivity contribution >= 4 is 17.2 Å². The lowest BCUT2D eigenvalue weighted by molar-refractivity contribution is 0.100. The Morgan fingerprint density at radius 3 is 2.74 bits per heavy atom. The highest BCUT2D eigenvalue weighted by molar-refractivity contribution is 7.14. The molecule has 1 fully saturated rings.